The Hall–Kier alpha value is -4.59. The predicted molar refractivity (Wildman–Crippen MR) is 131 cm³/mol. The topological polar surface area (TPSA) is 111 Å². The van der Waals surface area contributed by atoms with Crippen LogP contribution in [0.3, 0.4) is 0 Å². The van der Waals surface area contributed by atoms with Gasteiger partial charge in [0.05, 0.1) is 17.2 Å². The maximum absolute atomic E-state index is 13.4. The van der Waals surface area contributed by atoms with Gasteiger partial charge in [-0.15, -0.1) is 0 Å². The second-order valence-corrected chi connectivity index (χ2v) is 7.76. The van der Waals surface area contributed by atoms with Crippen molar-refractivity contribution in [3.63, 3.8) is 0 Å². The SMILES string of the molecule is Cc1ccc(C)c(NC(=O)c2c(N)n(/N=C\c3cccnc3)c3nc4ccccc4nc23)c1. The van der Waals surface area contributed by atoms with Crippen molar-refractivity contribution < 1.29 is 4.79 Å². The van der Waals surface area contributed by atoms with Gasteiger partial charge in [-0.2, -0.15) is 9.78 Å². The number of nitrogens with two attached hydrogens (primary N) is 1. The van der Waals surface area contributed by atoms with Gasteiger partial charge in [-0.1, -0.05) is 30.3 Å². The Morgan fingerprint density at radius 3 is 2.61 bits per heavy atom. The molecule has 0 saturated carbocycles. The lowest BCUT2D eigenvalue weighted by atomic mass is 10.1. The van der Waals surface area contributed by atoms with Gasteiger partial charge in [0.1, 0.15) is 16.9 Å². The number of benzene rings is 2. The van der Waals surface area contributed by atoms with Crippen LogP contribution in [0.5, 0.6) is 0 Å². The molecule has 2 aromatic carbocycles. The molecular formula is C25H21N7O. The van der Waals surface area contributed by atoms with Crippen molar-refractivity contribution in [2.45, 2.75) is 13.8 Å². The van der Waals surface area contributed by atoms with Gasteiger partial charge in [-0.25, -0.2) is 9.97 Å². The molecule has 0 radical (unpaired) electrons. The van der Waals surface area contributed by atoms with Crippen LogP contribution in [0.15, 0.2) is 72.1 Å². The van der Waals surface area contributed by atoms with Crippen molar-refractivity contribution in [2.24, 2.45) is 5.10 Å². The third-order valence-corrected chi connectivity index (χ3v) is 5.35. The summed E-state index contributed by atoms with van der Waals surface area (Å²) in [6, 6.07) is 17.0. The number of nitrogen functional groups attached to an aromatic ring is 1. The fourth-order valence-corrected chi connectivity index (χ4v) is 3.62. The molecule has 3 N–H and O–H groups in total. The normalized spacial score (nSPS) is 11.5. The number of para-hydroxylation sites is 2. The Morgan fingerprint density at radius 2 is 1.85 bits per heavy atom. The molecular weight excluding hydrogens is 414 g/mol. The minimum absolute atomic E-state index is 0.156. The van der Waals surface area contributed by atoms with Crippen LogP contribution in [-0.4, -0.2) is 31.7 Å². The second kappa shape index (κ2) is 8.16. The fraction of sp³-hybridized carbons (Fsp3) is 0.0800. The fourth-order valence-electron chi connectivity index (χ4n) is 3.62. The number of anilines is 2. The van der Waals surface area contributed by atoms with Gasteiger partial charge >= 0.3 is 0 Å². The molecule has 0 fully saturated rings. The standard InChI is InChI=1S/C25H21N7O/c1-15-9-10-16(2)20(12-15)31-25(33)21-22-24(30-19-8-4-3-7-18(19)29-22)32(23(21)26)28-14-17-6-5-11-27-13-17/h3-14H,26H2,1-2H3,(H,31,33)/b28-14-. The van der Waals surface area contributed by atoms with Crippen LogP contribution in [0, 0.1) is 13.8 Å². The van der Waals surface area contributed by atoms with E-state index in [1.54, 1.807) is 18.6 Å². The molecule has 162 valence electrons. The third-order valence-electron chi connectivity index (χ3n) is 5.35. The van der Waals surface area contributed by atoms with Gasteiger partial charge in [0.25, 0.3) is 5.91 Å². The van der Waals surface area contributed by atoms with Gasteiger partial charge < -0.3 is 11.1 Å². The summed E-state index contributed by atoms with van der Waals surface area (Å²) in [5.74, 6) is -0.214. The molecule has 0 bridgehead atoms. The maximum Gasteiger partial charge on any atom is 0.261 e. The van der Waals surface area contributed by atoms with E-state index in [-0.39, 0.29) is 17.3 Å². The van der Waals surface area contributed by atoms with E-state index in [1.807, 2.05) is 68.4 Å². The number of aryl methyl sites for hydroxylation is 2. The largest absolute Gasteiger partial charge is 0.383 e. The van der Waals surface area contributed by atoms with Crippen molar-refractivity contribution in [1.82, 2.24) is 19.6 Å². The zero-order valence-electron chi connectivity index (χ0n) is 18.1. The molecule has 0 atom stereocenters. The molecule has 0 unspecified atom stereocenters. The molecule has 0 aliphatic carbocycles. The predicted octanol–water partition coefficient (Wildman–Crippen LogP) is 4.31. The lowest BCUT2D eigenvalue weighted by molar-refractivity contribution is 0.102. The zero-order valence-corrected chi connectivity index (χ0v) is 18.1. The zero-order chi connectivity index (χ0) is 22.9. The highest BCUT2D eigenvalue weighted by molar-refractivity contribution is 6.16. The molecule has 0 saturated heterocycles. The van der Waals surface area contributed by atoms with Crippen LogP contribution >= 0.6 is 0 Å². The van der Waals surface area contributed by atoms with Crippen LogP contribution < -0.4 is 11.1 Å². The monoisotopic (exact) mass is 435 g/mol. The Bertz CT molecular complexity index is 1540. The molecule has 0 aliphatic heterocycles. The number of aromatic nitrogens is 4. The molecule has 5 aromatic rings. The summed E-state index contributed by atoms with van der Waals surface area (Å²) in [5, 5.41) is 7.47. The number of hydrogen-bond acceptors (Lipinski definition) is 6. The lowest BCUT2D eigenvalue weighted by Crippen LogP contribution is -2.15. The van der Waals surface area contributed by atoms with Crippen LogP contribution in [0.2, 0.25) is 0 Å². The maximum atomic E-state index is 13.4. The smallest absolute Gasteiger partial charge is 0.261 e. The molecule has 3 aromatic heterocycles. The van der Waals surface area contributed by atoms with E-state index in [4.69, 9.17) is 15.7 Å². The van der Waals surface area contributed by atoms with Crippen molar-refractivity contribution >= 4 is 45.8 Å². The van der Waals surface area contributed by atoms with Crippen LogP contribution in [-0.2, 0) is 0 Å². The van der Waals surface area contributed by atoms with Gasteiger partial charge in [0.15, 0.2) is 5.65 Å². The first-order valence-corrected chi connectivity index (χ1v) is 10.4. The summed E-state index contributed by atoms with van der Waals surface area (Å²) in [4.78, 5) is 26.9. The quantitative estimate of drug-likeness (QED) is 0.409. The average Bonchev–Trinajstić information content (AvgIpc) is 3.09. The molecule has 8 heteroatoms. The van der Waals surface area contributed by atoms with Crippen molar-refractivity contribution in [2.75, 3.05) is 11.1 Å². The number of pyridine rings is 1. The number of fused-ring (bicyclic) bond motifs is 2. The minimum atomic E-state index is -0.369. The van der Waals surface area contributed by atoms with E-state index in [2.05, 4.69) is 15.4 Å². The molecule has 0 spiro atoms. The van der Waals surface area contributed by atoms with E-state index in [0.717, 1.165) is 16.7 Å². The van der Waals surface area contributed by atoms with E-state index in [9.17, 15) is 4.79 Å². The lowest BCUT2D eigenvalue weighted by Gasteiger charge is -2.09. The van der Waals surface area contributed by atoms with Crippen LogP contribution in [0.1, 0.15) is 27.0 Å². The highest BCUT2D eigenvalue weighted by Gasteiger charge is 2.24. The highest BCUT2D eigenvalue weighted by Crippen LogP contribution is 2.29. The van der Waals surface area contributed by atoms with E-state index >= 15 is 0 Å². The summed E-state index contributed by atoms with van der Waals surface area (Å²) in [6.07, 6.45) is 4.98. The summed E-state index contributed by atoms with van der Waals surface area (Å²) < 4.78 is 1.44. The van der Waals surface area contributed by atoms with Crippen LogP contribution in [0.4, 0.5) is 11.5 Å². The average molecular weight is 435 g/mol. The number of hydrogen-bond donors (Lipinski definition) is 2. The molecule has 33 heavy (non-hydrogen) atoms. The first kappa shape index (κ1) is 20.3. The van der Waals surface area contributed by atoms with E-state index in [1.165, 1.54) is 4.68 Å². The Kier molecular flexibility index (Phi) is 5.02. The van der Waals surface area contributed by atoms with E-state index in [0.29, 0.717) is 27.9 Å². The molecule has 0 aliphatic rings. The summed E-state index contributed by atoms with van der Waals surface area (Å²) in [5.41, 5.74) is 12.3. The van der Waals surface area contributed by atoms with Gasteiger partial charge in [-0.05, 0) is 49.2 Å². The molecule has 3 heterocycles. The Morgan fingerprint density at radius 1 is 1.06 bits per heavy atom. The summed E-state index contributed by atoms with van der Waals surface area (Å²) in [7, 11) is 0. The summed E-state index contributed by atoms with van der Waals surface area (Å²) in [6.45, 7) is 3.91. The summed E-state index contributed by atoms with van der Waals surface area (Å²) >= 11 is 0. The van der Waals surface area contributed by atoms with Crippen molar-refractivity contribution in [3.05, 3.63) is 89.2 Å². The number of rotatable bonds is 4. The number of carbonyl (C=O) groups is 1. The number of nitrogens with zero attached hydrogens (tertiary/aromatic N) is 5. The number of nitrogens with one attached hydrogen (secondary N) is 1. The first-order valence-electron chi connectivity index (χ1n) is 10.4. The van der Waals surface area contributed by atoms with Crippen LogP contribution in [0.25, 0.3) is 22.2 Å². The first-order chi connectivity index (χ1) is 16.0. The minimum Gasteiger partial charge on any atom is -0.383 e. The Labute approximate surface area is 189 Å². The van der Waals surface area contributed by atoms with Crippen molar-refractivity contribution in [1.29, 1.82) is 0 Å². The van der Waals surface area contributed by atoms with Gasteiger partial charge in [0.2, 0.25) is 0 Å². The molecule has 5 rings (SSSR count). The number of carbonyl (C=O) groups excluding carboxylic acids is 1. The second-order valence-electron chi connectivity index (χ2n) is 7.76. The van der Waals surface area contributed by atoms with E-state index < -0.39 is 0 Å². The number of amides is 1. The molecule has 8 nitrogen and oxygen atoms in total. The third kappa shape index (κ3) is 3.78. The van der Waals surface area contributed by atoms with Gasteiger partial charge in [-0.3, -0.25) is 9.78 Å². The Balaban J connectivity index is 1.68. The van der Waals surface area contributed by atoms with Gasteiger partial charge in [0, 0.05) is 23.6 Å². The molecule has 1 amide bonds. The van der Waals surface area contributed by atoms with Crippen molar-refractivity contribution in [3.8, 4) is 0 Å². The highest BCUT2D eigenvalue weighted by atomic mass is 16.1.